The molecule has 0 aliphatic carbocycles. The summed E-state index contributed by atoms with van der Waals surface area (Å²) in [6.45, 7) is 8.50. The van der Waals surface area contributed by atoms with Gasteiger partial charge in [0.05, 0.1) is 6.61 Å². The first kappa shape index (κ1) is 16.7. The van der Waals surface area contributed by atoms with Gasteiger partial charge in [-0.25, -0.2) is 9.59 Å². The average molecular weight is 261 g/mol. The number of hydrogen-bond acceptors (Lipinski definition) is 4. The van der Waals surface area contributed by atoms with E-state index < -0.39 is 28.9 Å². The molecule has 0 bridgehead atoms. The van der Waals surface area contributed by atoms with Gasteiger partial charge in [-0.15, -0.1) is 0 Å². The minimum absolute atomic E-state index is 0.0197. The van der Waals surface area contributed by atoms with E-state index in [4.69, 9.17) is 14.9 Å². The monoisotopic (exact) mass is 261 g/mol. The lowest BCUT2D eigenvalue weighted by atomic mass is 9.87. The Kier molecular flexibility index (Phi) is 5.60. The van der Waals surface area contributed by atoms with E-state index >= 15 is 0 Å². The van der Waals surface area contributed by atoms with Crippen molar-refractivity contribution in [3.8, 4) is 0 Å². The second-order valence-electron chi connectivity index (χ2n) is 6.18. The quantitative estimate of drug-likeness (QED) is 0.691. The number of carboxylic acids is 1. The van der Waals surface area contributed by atoms with Gasteiger partial charge in [-0.05, 0) is 5.41 Å². The molecule has 0 spiro atoms. The molecule has 3 N–H and O–H groups in total. The normalized spacial score (nSPS) is 13.9. The van der Waals surface area contributed by atoms with E-state index in [0.29, 0.717) is 0 Å². The highest BCUT2D eigenvalue weighted by Gasteiger charge is 2.33. The van der Waals surface area contributed by atoms with Crippen LogP contribution in [0.25, 0.3) is 0 Å². The highest BCUT2D eigenvalue weighted by Crippen LogP contribution is 2.20. The fraction of sp³-hybridized carbons (Fsp3) is 0.833. The van der Waals surface area contributed by atoms with Gasteiger partial charge in [-0.3, -0.25) is 0 Å². The van der Waals surface area contributed by atoms with Crippen LogP contribution in [-0.2, 0) is 9.53 Å². The van der Waals surface area contributed by atoms with Crippen molar-refractivity contribution in [3.05, 3.63) is 0 Å². The van der Waals surface area contributed by atoms with E-state index in [2.05, 4.69) is 5.32 Å². The van der Waals surface area contributed by atoms with Gasteiger partial charge in [0.1, 0.15) is 12.6 Å². The number of carbonyl (C=O) groups is 2. The number of hydrogen-bond donors (Lipinski definition) is 3. The SMILES string of the molecule is CC(C)(CO)COC(=O)N[C@H](C(=O)O)C(C)(C)C. The zero-order valence-corrected chi connectivity index (χ0v) is 11.6. The molecular weight excluding hydrogens is 238 g/mol. The number of nitrogens with one attached hydrogen (secondary N) is 1. The summed E-state index contributed by atoms with van der Waals surface area (Å²) in [6, 6.07) is -1.03. The molecule has 0 heterocycles. The van der Waals surface area contributed by atoms with Crippen LogP contribution in [-0.4, -0.2) is 41.5 Å². The summed E-state index contributed by atoms with van der Waals surface area (Å²) in [6.07, 6.45) is -0.793. The van der Waals surface area contributed by atoms with Crippen LogP contribution >= 0.6 is 0 Å². The highest BCUT2D eigenvalue weighted by molar-refractivity contribution is 5.80. The highest BCUT2D eigenvalue weighted by atomic mass is 16.5. The second-order valence-corrected chi connectivity index (χ2v) is 6.18. The zero-order valence-electron chi connectivity index (χ0n) is 11.6. The van der Waals surface area contributed by atoms with Crippen molar-refractivity contribution < 1.29 is 24.5 Å². The molecule has 0 aromatic heterocycles. The van der Waals surface area contributed by atoms with Gasteiger partial charge in [-0.2, -0.15) is 0 Å². The Morgan fingerprint density at radius 1 is 1.22 bits per heavy atom. The van der Waals surface area contributed by atoms with Gasteiger partial charge in [-0.1, -0.05) is 34.6 Å². The van der Waals surface area contributed by atoms with E-state index in [1.54, 1.807) is 34.6 Å². The Labute approximate surface area is 107 Å². The van der Waals surface area contributed by atoms with Crippen molar-refractivity contribution >= 4 is 12.1 Å². The van der Waals surface area contributed by atoms with Gasteiger partial charge < -0.3 is 20.3 Å². The predicted molar refractivity (Wildman–Crippen MR) is 66.2 cm³/mol. The number of rotatable bonds is 5. The van der Waals surface area contributed by atoms with Gasteiger partial charge >= 0.3 is 12.1 Å². The first-order chi connectivity index (χ1) is 7.99. The minimum Gasteiger partial charge on any atom is -0.480 e. The number of amides is 1. The maximum Gasteiger partial charge on any atom is 0.407 e. The third kappa shape index (κ3) is 5.86. The lowest BCUT2D eigenvalue weighted by Crippen LogP contribution is -2.49. The summed E-state index contributed by atoms with van der Waals surface area (Å²) in [7, 11) is 0. The van der Waals surface area contributed by atoms with E-state index in [1.165, 1.54) is 0 Å². The van der Waals surface area contributed by atoms with Gasteiger partial charge in [0.2, 0.25) is 0 Å². The smallest absolute Gasteiger partial charge is 0.407 e. The van der Waals surface area contributed by atoms with Crippen molar-refractivity contribution in [3.63, 3.8) is 0 Å². The van der Waals surface area contributed by atoms with Crippen LogP contribution in [0, 0.1) is 10.8 Å². The Morgan fingerprint density at radius 2 is 1.72 bits per heavy atom. The molecule has 6 nitrogen and oxygen atoms in total. The molecule has 0 rings (SSSR count). The first-order valence-electron chi connectivity index (χ1n) is 5.76. The Morgan fingerprint density at radius 3 is 2.06 bits per heavy atom. The first-order valence-corrected chi connectivity index (χ1v) is 5.76. The molecule has 0 aliphatic rings. The molecule has 0 saturated carbocycles. The lowest BCUT2D eigenvalue weighted by molar-refractivity contribution is -0.142. The van der Waals surface area contributed by atoms with Crippen molar-refractivity contribution in [2.45, 2.75) is 40.7 Å². The van der Waals surface area contributed by atoms with Crippen LogP contribution in [0.2, 0.25) is 0 Å². The summed E-state index contributed by atoms with van der Waals surface area (Å²) < 4.78 is 4.90. The molecule has 0 unspecified atom stereocenters. The van der Waals surface area contributed by atoms with Gasteiger partial charge in [0, 0.05) is 5.41 Å². The summed E-state index contributed by atoms with van der Waals surface area (Å²) in [5, 5.41) is 20.3. The average Bonchev–Trinajstić information content (AvgIpc) is 2.21. The van der Waals surface area contributed by atoms with Crippen LogP contribution in [0.5, 0.6) is 0 Å². The molecule has 1 atom stereocenters. The van der Waals surface area contributed by atoms with Crippen LogP contribution < -0.4 is 5.32 Å². The molecular formula is C12H23NO5. The molecule has 0 fully saturated rings. The standard InChI is InChI=1S/C12H23NO5/c1-11(2,3)8(9(15)16)13-10(17)18-7-12(4,5)6-14/h8,14H,6-7H2,1-5H3,(H,13,17)(H,15,16)/t8-/m1/s1. The molecule has 0 saturated heterocycles. The molecule has 0 aromatic carbocycles. The lowest BCUT2D eigenvalue weighted by Gasteiger charge is -2.28. The fourth-order valence-electron chi connectivity index (χ4n) is 1.11. The predicted octanol–water partition coefficient (Wildman–Crippen LogP) is 1.23. The Bertz CT molecular complexity index is 306. The number of carbonyl (C=O) groups excluding carboxylic acids is 1. The zero-order chi connectivity index (χ0) is 14.6. The van der Waals surface area contributed by atoms with Gasteiger partial charge in [0.15, 0.2) is 0 Å². The van der Waals surface area contributed by atoms with Crippen LogP contribution in [0.1, 0.15) is 34.6 Å². The number of alkyl carbamates (subject to hydrolysis) is 1. The van der Waals surface area contributed by atoms with Crippen molar-refractivity contribution in [2.24, 2.45) is 10.8 Å². The second kappa shape index (κ2) is 6.04. The maximum absolute atomic E-state index is 11.5. The van der Waals surface area contributed by atoms with E-state index in [9.17, 15) is 9.59 Å². The number of aliphatic hydroxyl groups excluding tert-OH is 1. The number of carboxylic acid groups (broad SMARTS) is 1. The van der Waals surface area contributed by atoms with Gasteiger partial charge in [0.25, 0.3) is 0 Å². The third-order valence-corrected chi connectivity index (χ3v) is 2.40. The molecule has 1 amide bonds. The van der Waals surface area contributed by atoms with Crippen molar-refractivity contribution in [1.29, 1.82) is 0 Å². The van der Waals surface area contributed by atoms with E-state index in [1.807, 2.05) is 0 Å². The Balaban J connectivity index is 4.42. The third-order valence-electron chi connectivity index (χ3n) is 2.40. The van der Waals surface area contributed by atoms with Crippen LogP contribution in [0.4, 0.5) is 4.79 Å². The number of aliphatic hydroxyl groups is 1. The minimum atomic E-state index is -1.11. The molecule has 0 aliphatic heterocycles. The topological polar surface area (TPSA) is 95.9 Å². The molecule has 6 heteroatoms. The van der Waals surface area contributed by atoms with Crippen LogP contribution in [0.3, 0.4) is 0 Å². The number of ether oxygens (including phenoxy) is 1. The van der Waals surface area contributed by atoms with Crippen molar-refractivity contribution in [1.82, 2.24) is 5.32 Å². The maximum atomic E-state index is 11.5. The molecule has 0 radical (unpaired) electrons. The largest absolute Gasteiger partial charge is 0.480 e. The summed E-state index contributed by atoms with van der Waals surface area (Å²) in [5.41, 5.74) is -1.16. The number of aliphatic carboxylic acids is 1. The summed E-state index contributed by atoms with van der Waals surface area (Å²) in [5.74, 6) is -1.11. The molecule has 0 aromatic rings. The molecule has 18 heavy (non-hydrogen) atoms. The molecule has 106 valence electrons. The summed E-state index contributed by atoms with van der Waals surface area (Å²) in [4.78, 5) is 22.5. The Hall–Kier alpha value is -1.30. The summed E-state index contributed by atoms with van der Waals surface area (Å²) >= 11 is 0. The van der Waals surface area contributed by atoms with E-state index in [0.717, 1.165) is 0 Å². The van der Waals surface area contributed by atoms with Crippen molar-refractivity contribution in [2.75, 3.05) is 13.2 Å². The van der Waals surface area contributed by atoms with Crippen LogP contribution in [0.15, 0.2) is 0 Å². The fourth-order valence-corrected chi connectivity index (χ4v) is 1.11. The van der Waals surface area contributed by atoms with E-state index in [-0.39, 0.29) is 13.2 Å².